The molecule has 2 rings (SSSR count). The molecule has 0 fully saturated rings. The number of esters is 1. The number of rotatable bonds is 6. The molecule has 0 bridgehead atoms. The highest BCUT2D eigenvalue weighted by Gasteiger charge is 2.04. The normalized spacial score (nSPS) is 10.5. The van der Waals surface area contributed by atoms with E-state index in [9.17, 15) is 4.79 Å². The molecule has 0 aromatic heterocycles. The van der Waals surface area contributed by atoms with Crippen molar-refractivity contribution in [3.8, 4) is 11.5 Å². The van der Waals surface area contributed by atoms with E-state index in [0.29, 0.717) is 11.5 Å². The molecule has 2 aromatic rings. The van der Waals surface area contributed by atoms with E-state index in [-0.39, 0.29) is 6.61 Å². The largest absolute Gasteiger partial charge is 0.497 e. The van der Waals surface area contributed by atoms with Crippen LogP contribution in [-0.4, -0.2) is 20.2 Å². The second-order valence-corrected chi connectivity index (χ2v) is 4.53. The summed E-state index contributed by atoms with van der Waals surface area (Å²) in [6.07, 6.45) is 3.02. The van der Waals surface area contributed by atoms with Gasteiger partial charge in [0.15, 0.2) is 0 Å². The van der Waals surface area contributed by atoms with Crippen LogP contribution in [0, 0.1) is 0 Å². The molecule has 22 heavy (non-hydrogen) atoms. The molecule has 114 valence electrons. The molecule has 0 heterocycles. The molecule has 0 aliphatic heterocycles. The van der Waals surface area contributed by atoms with Gasteiger partial charge in [-0.05, 0) is 29.8 Å². The fourth-order valence-corrected chi connectivity index (χ4v) is 1.90. The van der Waals surface area contributed by atoms with E-state index in [1.54, 1.807) is 38.5 Å². The first-order chi connectivity index (χ1) is 10.7. The summed E-state index contributed by atoms with van der Waals surface area (Å²) in [7, 11) is 3.16. The predicted octanol–water partition coefficient (Wildman–Crippen LogP) is 3.46. The molecular weight excluding hydrogens is 280 g/mol. The van der Waals surface area contributed by atoms with Gasteiger partial charge in [-0.25, -0.2) is 4.79 Å². The maximum Gasteiger partial charge on any atom is 0.331 e. The van der Waals surface area contributed by atoms with Crippen LogP contribution in [0.3, 0.4) is 0 Å². The van der Waals surface area contributed by atoms with Crippen molar-refractivity contribution in [3.63, 3.8) is 0 Å². The number of ether oxygens (including phenoxy) is 3. The van der Waals surface area contributed by atoms with E-state index in [0.717, 1.165) is 11.1 Å². The Labute approximate surface area is 129 Å². The van der Waals surface area contributed by atoms with Gasteiger partial charge in [-0.3, -0.25) is 0 Å². The van der Waals surface area contributed by atoms with Gasteiger partial charge in [0.2, 0.25) is 0 Å². The van der Waals surface area contributed by atoms with Crippen molar-refractivity contribution in [1.82, 2.24) is 0 Å². The minimum absolute atomic E-state index is 0.249. The summed E-state index contributed by atoms with van der Waals surface area (Å²) < 4.78 is 15.6. The van der Waals surface area contributed by atoms with Crippen LogP contribution in [-0.2, 0) is 16.1 Å². The Balaban J connectivity index is 2.00. The number of carbonyl (C=O) groups is 1. The molecule has 0 saturated carbocycles. The zero-order valence-electron chi connectivity index (χ0n) is 12.6. The van der Waals surface area contributed by atoms with Crippen molar-refractivity contribution >= 4 is 12.0 Å². The zero-order valence-corrected chi connectivity index (χ0v) is 12.6. The van der Waals surface area contributed by atoms with E-state index in [2.05, 4.69) is 0 Å². The van der Waals surface area contributed by atoms with Crippen LogP contribution in [0.15, 0.2) is 54.6 Å². The predicted molar refractivity (Wildman–Crippen MR) is 84.8 cm³/mol. The average molecular weight is 298 g/mol. The lowest BCUT2D eigenvalue weighted by molar-refractivity contribution is -0.138. The molecule has 0 unspecified atom stereocenters. The molecule has 0 aliphatic rings. The van der Waals surface area contributed by atoms with Gasteiger partial charge in [0.1, 0.15) is 18.1 Å². The Kier molecular flexibility index (Phi) is 5.60. The Hall–Kier alpha value is -2.75. The lowest BCUT2D eigenvalue weighted by Gasteiger charge is -2.07. The molecule has 0 N–H and O–H groups in total. The quantitative estimate of drug-likeness (QED) is 0.605. The molecule has 0 radical (unpaired) electrons. The molecule has 0 atom stereocenters. The van der Waals surface area contributed by atoms with Crippen molar-refractivity contribution < 1.29 is 19.0 Å². The molecule has 0 amide bonds. The third kappa shape index (κ3) is 4.38. The van der Waals surface area contributed by atoms with Gasteiger partial charge < -0.3 is 14.2 Å². The highest BCUT2D eigenvalue weighted by atomic mass is 16.5. The molecule has 0 aliphatic carbocycles. The Morgan fingerprint density at radius 2 is 1.82 bits per heavy atom. The Morgan fingerprint density at radius 3 is 2.50 bits per heavy atom. The standard InChI is InChI=1S/C18H18O4/c1-20-16-9-10-17(21-2)15(12-16)8-11-18(19)22-13-14-6-4-3-5-7-14/h3-12H,13H2,1-2H3/b11-8+. The maximum atomic E-state index is 11.8. The molecule has 0 saturated heterocycles. The summed E-state index contributed by atoms with van der Waals surface area (Å²) in [4.78, 5) is 11.8. The number of methoxy groups -OCH3 is 2. The summed E-state index contributed by atoms with van der Waals surface area (Å²) >= 11 is 0. The van der Waals surface area contributed by atoms with Crippen LogP contribution in [0.25, 0.3) is 6.08 Å². The summed E-state index contributed by atoms with van der Waals surface area (Å²) in [5, 5.41) is 0. The summed E-state index contributed by atoms with van der Waals surface area (Å²) in [5.74, 6) is 0.944. The molecule has 4 nitrogen and oxygen atoms in total. The van der Waals surface area contributed by atoms with Crippen LogP contribution < -0.4 is 9.47 Å². The van der Waals surface area contributed by atoms with Crippen LogP contribution in [0.1, 0.15) is 11.1 Å². The van der Waals surface area contributed by atoms with Crippen LogP contribution >= 0.6 is 0 Å². The molecule has 2 aromatic carbocycles. The van der Waals surface area contributed by atoms with Gasteiger partial charge in [-0.15, -0.1) is 0 Å². The van der Waals surface area contributed by atoms with E-state index >= 15 is 0 Å². The third-order valence-electron chi connectivity index (χ3n) is 3.06. The molecule has 4 heteroatoms. The van der Waals surface area contributed by atoms with E-state index in [1.807, 2.05) is 30.3 Å². The first-order valence-corrected chi connectivity index (χ1v) is 6.83. The first kappa shape index (κ1) is 15.6. The summed E-state index contributed by atoms with van der Waals surface area (Å²) in [5.41, 5.74) is 1.70. The lowest BCUT2D eigenvalue weighted by atomic mass is 10.1. The highest BCUT2D eigenvalue weighted by molar-refractivity contribution is 5.87. The number of carbonyl (C=O) groups excluding carboxylic acids is 1. The van der Waals surface area contributed by atoms with Crippen LogP contribution in [0.4, 0.5) is 0 Å². The molecule has 0 spiro atoms. The number of hydrogen-bond acceptors (Lipinski definition) is 4. The SMILES string of the molecule is COc1ccc(OC)c(/C=C/C(=O)OCc2ccccc2)c1. The lowest BCUT2D eigenvalue weighted by Crippen LogP contribution is -2.00. The van der Waals surface area contributed by atoms with Gasteiger partial charge in [-0.2, -0.15) is 0 Å². The van der Waals surface area contributed by atoms with E-state index in [4.69, 9.17) is 14.2 Å². The van der Waals surface area contributed by atoms with Crippen LogP contribution in [0.5, 0.6) is 11.5 Å². The second-order valence-electron chi connectivity index (χ2n) is 4.53. The number of hydrogen-bond donors (Lipinski definition) is 0. The summed E-state index contributed by atoms with van der Waals surface area (Å²) in [6.45, 7) is 0.249. The fraction of sp³-hybridized carbons (Fsp3) is 0.167. The van der Waals surface area contributed by atoms with Crippen molar-refractivity contribution in [2.24, 2.45) is 0 Å². The maximum absolute atomic E-state index is 11.8. The van der Waals surface area contributed by atoms with Gasteiger partial charge in [0.05, 0.1) is 14.2 Å². The number of benzene rings is 2. The average Bonchev–Trinajstić information content (AvgIpc) is 2.58. The fourth-order valence-electron chi connectivity index (χ4n) is 1.90. The Morgan fingerprint density at radius 1 is 1.05 bits per heavy atom. The zero-order chi connectivity index (χ0) is 15.8. The van der Waals surface area contributed by atoms with E-state index < -0.39 is 5.97 Å². The Bertz CT molecular complexity index is 647. The minimum Gasteiger partial charge on any atom is -0.497 e. The smallest absolute Gasteiger partial charge is 0.331 e. The van der Waals surface area contributed by atoms with Gasteiger partial charge in [0.25, 0.3) is 0 Å². The third-order valence-corrected chi connectivity index (χ3v) is 3.06. The highest BCUT2D eigenvalue weighted by Crippen LogP contribution is 2.25. The van der Waals surface area contributed by atoms with Crippen molar-refractivity contribution in [1.29, 1.82) is 0 Å². The van der Waals surface area contributed by atoms with E-state index in [1.165, 1.54) is 6.08 Å². The monoisotopic (exact) mass is 298 g/mol. The van der Waals surface area contributed by atoms with Gasteiger partial charge in [0, 0.05) is 11.6 Å². The van der Waals surface area contributed by atoms with Crippen molar-refractivity contribution in [3.05, 3.63) is 65.7 Å². The van der Waals surface area contributed by atoms with Gasteiger partial charge in [-0.1, -0.05) is 30.3 Å². The topological polar surface area (TPSA) is 44.8 Å². The van der Waals surface area contributed by atoms with Crippen molar-refractivity contribution in [2.45, 2.75) is 6.61 Å². The molecular formula is C18H18O4. The van der Waals surface area contributed by atoms with Crippen LogP contribution in [0.2, 0.25) is 0 Å². The first-order valence-electron chi connectivity index (χ1n) is 6.83. The summed E-state index contributed by atoms with van der Waals surface area (Å²) in [6, 6.07) is 14.9. The second kappa shape index (κ2) is 7.88. The van der Waals surface area contributed by atoms with Crippen molar-refractivity contribution in [2.75, 3.05) is 14.2 Å². The minimum atomic E-state index is -0.409. The van der Waals surface area contributed by atoms with Gasteiger partial charge >= 0.3 is 5.97 Å².